The molecule has 6 nitrogen and oxygen atoms in total. The second-order valence-electron chi connectivity index (χ2n) is 8.89. The van der Waals surface area contributed by atoms with Crippen molar-refractivity contribution in [2.75, 3.05) is 6.61 Å². The van der Waals surface area contributed by atoms with E-state index in [4.69, 9.17) is 9.47 Å². The molecule has 1 saturated carbocycles. The van der Waals surface area contributed by atoms with Crippen LogP contribution in [0.25, 0.3) is 0 Å². The Balaban J connectivity index is 1.83. The van der Waals surface area contributed by atoms with Gasteiger partial charge in [0.05, 0.1) is 23.9 Å². The molecule has 0 spiro atoms. The molecule has 0 bridgehead atoms. The summed E-state index contributed by atoms with van der Waals surface area (Å²) >= 11 is 0. The molecule has 35 heavy (non-hydrogen) atoms. The van der Waals surface area contributed by atoms with Gasteiger partial charge in [-0.1, -0.05) is 24.3 Å². The Morgan fingerprint density at radius 1 is 1.17 bits per heavy atom. The average molecular weight is 499 g/mol. The fourth-order valence-corrected chi connectivity index (χ4v) is 3.95. The Labute approximate surface area is 203 Å². The number of allylic oxidation sites excluding steroid dienone is 2. The summed E-state index contributed by atoms with van der Waals surface area (Å²) in [5, 5.41) is 20.6. The molecule has 194 valence electrons. The first-order valence-electron chi connectivity index (χ1n) is 11.7. The van der Waals surface area contributed by atoms with Gasteiger partial charge in [-0.3, -0.25) is 9.59 Å². The molecule has 0 aliphatic heterocycles. The van der Waals surface area contributed by atoms with Crippen molar-refractivity contribution in [2.24, 2.45) is 11.8 Å². The monoisotopic (exact) mass is 498 g/mol. The van der Waals surface area contributed by atoms with Gasteiger partial charge < -0.3 is 19.7 Å². The fourth-order valence-electron chi connectivity index (χ4n) is 3.95. The van der Waals surface area contributed by atoms with Crippen LogP contribution < -0.4 is 4.74 Å². The van der Waals surface area contributed by atoms with E-state index in [0.29, 0.717) is 25.7 Å². The first-order chi connectivity index (χ1) is 16.5. The lowest BCUT2D eigenvalue weighted by atomic mass is 9.89. The highest BCUT2D eigenvalue weighted by Gasteiger charge is 2.39. The molecule has 2 rings (SSSR count). The van der Waals surface area contributed by atoms with Gasteiger partial charge in [-0.2, -0.15) is 13.2 Å². The average Bonchev–Trinajstić information content (AvgIpc) is 3.04. The number of rotatable bonds is 12. The number of hydrogen-bond donors (Lipinski definition) is 2. The minimum Gasteiger partial charge on any atom is -0.485 e. The third-order valence-electron chi connectivity index (χ3n) is 5.66. The molecule has 1 aliphatic rings. The quantitative estimate of drug-likeness (QED) is 0.189. The first kappa shape index (κ1) is 28.6. The van der Waals surface area contributed by atoms with Crippen LogP contribution in [0, 0.1) is 11.8 Å². The lowest BCUT2D eigenvalue weighted by Gasteiger charge is -2.19. The predicted molar refractivity (Wildman–Crippen MR) is 124 cm³/mol. The van der Waals surface area contributed by atoms with Gasteiger partial charge in [0, 0.05) is 18.8 Å². The van der Waals surface area contributed by atoms with Gasteiger partial charge in [-0.25, -0.2) is 0 Å². The number of carbonyl (C=O) groups excluding carboxylic acids is 2. The Morgan fingerprint density at radius 2 is 1.91 bits per heavy atom. The van der Waals surface area contributed by atoms with E-state index >= 15 is 0 Å². The van der Waals surface area contributed by atoms with Crippen LogP contribution in [0.2, 0.25) is 0 Å². The molecule has 0 aromatic heterocycles. The Kier molecular flexibility index (Phi) is 11.0. The molecular weight excluding hydrogens is 465 g/mol. The number of hydrogen-bond acceptors (Lipinski definition) is 6. The largest absolute Gasteiger partial charge is 0.485 e. The lowest BCUT2D eigenvalue weighted by molar-refractivity contribution is -0.147. The summed E-state index contributed by atoms with van der Waals surface area (Å²) in [5.74, 6) is -1.53. The molecule has 1 aliphatic carbocycles. The molecular formula is C26H33F3O6. The topological polar surface area (TPSA) is 93.1 Å². The molecule has 1 aromatic rings. The zero-order chi connectivity index (χ0) is 26.0. The maximum atomic E-state index is 12.8. The fraction of sp³-hybridized carbons (Fsp3) is 0.538. The molecule has 0 heterocycles. The molecule has 9 heteroatoms. The molecule has 0 unspecified atom stereocenters. The number of alkyl halides is 3. The lowest BCUT2D eigenvalue weighted by Crippen LogP contribution is -2.20. The number of carbonyl (C=O) groups is 2. The molecule has 4 atom stereocenters. The van der Waals surface area contributed by atoms with Crippen molar-refractivity contribution in [1.82, 2.24) is 0 Å². The van der Waals surface area contributed by atoms with E-state index < -0.39 is 42.3 Å². The number of aliphatic hydroxyl groups excluding tert-OH is 2. The van der Waals surface area contributed by atoms with Gasteiger partial charge >= 0.3 is 12.1 Å². The number of unbranched alkanes of at least 4 members (excludes halogenated alkanes) is 1. The number of ether oxygens (including phenoxy) is 2. The summed E-state index contributed by atoms with van der Waals surface area (Å²) in [6.07, 6.45) is 2.66. The third kappa shape index (κ3) is 9.85. The number of halogens is 3. The maximum Gasteiger partial charge on any atom is 0.416 e. The standard InChI is InChI=1S/C26H33F3O6/c1-17(2)35-25(33)11-6-4-3-5-10-21-22(24(32)15-23(21)31)13-12-19(30)16-34-20-9-7-8-18(14-20)26(27,28)29/h3,5,7-9,12-14,17,21-24,31-32H,4,6,10-11,15-16H2,1-2H3/b5-3+,13-12+/t21-,22-,23+,24-/m1/s1. The van der Waals surface area contributed by atoms with Crippen LogP contribution in [-0.2, 0) is 20.5 Å². The molecule has 1 aromatic carbocycles. The van der Waals surface area contributed by atoms with Gasteiger partial charge in [0.2, 0.25) is 0 Å². The molecule has 0 amide bonds. The van der Waals surface area contributed by atoms with Crippen molar-refractivity contribution in [3.05, 3.63) is 54.1 Å². The van der Waals surface area contributed by atoms with Gasteiger partial charge in [0.25, 0.3) is 0 Å². The van der Waals surface area contributed by atoms with Crippen LogP contribution in [0.3, 0.4) is 0 Å². The van der Waals surface area contributed by atoms with Crippen LogP contribution in [0.1, 0.15) is 51.5 Å². The van der Waals surface area contributed by atoms with E-state index in [-0.39, 0.29) is 30.2 Å². The number of ketones is 1. The van der Waals surface area contributed by atoms with E-state index in [2.05, 4.69) is 0 Å². The number of benzene rings is 1. The second-order valence-corrected chi connectivity index (χ2v) is 8.89. The Bertz CT molecular complexity index is 893. The Morgan fingerprint density at radius 3 is 2.60 bits per heavy atom. The van der Waals surface area contributed by atoms with E-state index in [1.54, 1.807) is 13.8 Å². The van der Waals surface area contributed by atoms with Gasteiger partial charge in [0.1, 0.15) is 5.75 Å². The summed E-state index contributed by atoms with van der Waals surface area (Å²) in [7, 11) is 0. The van der Waals surface area contributed by atoms with Gasteiger partial charge in [-0.05, 0) is 63.3 Å². The highest BCUT2D eigenvalue weighted by Crippen LogP contribution is 2.36. The van der Waals surface area contributed by atoms with Crippen LogP contribution >= 0.6 is 0 Å². The van der Waals surface area contributed by atoms with Crippen molar-refractivity contribution < 1.29 is 42.4 Å². The highest BCUT2D eigenvalue weighted by atomic mass is 19.4. The van der Waals surface area contributed by atoms with E-state index in [1.807, 2.05) is 12.2 Å². The van der Waals surface area contributed by atoms with E-state index in [1.165, 1.54) is 24.3 Å². The number of aliphatic hydroxyl groups is 2. The van der Waals surface area contributed by atoms with Crippen molar-refractivity contribution in [1.29, 1.82) is 0 Å². The highest BCUT2D eigenvalue weighted by molar-refractivity contribution is 5.91. The zero-order valence-electron chi connectivity index (χ0n) is 19.9. The summed E-state index contributed by atoms with van der Waals surface area (Å²) < 4.78 is 48.6. The summed E-state index contributed by atoms with van der Waals surface area (Å²) in [4.78, 5) is 23.7. The smallest absolute Gasteiger partial charge is 0.416 e. The van der Waals surface area contributed by atoms with Crippen LogP contribution in [-0.4, -0.2) is 46.9 Å². The predicted octanol–water partition coefficient (Wildman–Crippen LogP) is 4.64. The van der Waals surface area contributed by atoms with Crippen molar-refractivity contribution in [3.63, 3.8) is 0 Å². The second kappa shape index (κ2) is 13.4. The Hall–Kier alpha value is -2.65. The molecule has 0 radical (unpaired) electrons. The van der Waals surface area contributed by atoms with Crippen molar-refractivity contribution >= 4 is 11.8 Å². The molecule has 1 fully saturated rings. The van der Waals surface area contributed by atoms with E-state index in [0.717, 1.165) is 12.1 Å². The minimum atomic E-state index is -4.51. The SMILES string of the molecule is CC(C)OC(=O)CCC/C=C/C[C@@H]1[C@@H](/C=C/C(=O)COc2cccc(C(F)(F)F)c2)[C@H](O)C[C@@H]1O. The molecule has 0 saturated heterocycles. The van der Waals surface area contributed by atoms with Crippen LogP contribution in [0.4, 0.5) is 13.2 Å². The third-order valence-corrected chi connectivity index (χ3v) is 5.66. The van der Waals surface area contributed by atoms with Crippen molar-refractivity contribution in [2.45, 2.75) is 70.4 Å². The summed E-state index contributed by atoms with van der Waals surface area (Å²) in [6.45, 7) is 3.13. The molecule has 2 N–H and O–H groups in total. The van der Waals surface area contributed by atoms with Gasteiger partial charge in [-0.15, -0.1) is 0 Å². The van der Waals surface area contributed by atoms with Gasteiger partial charge in [0.15, 0.2) is 12.4 Å². The normalized spacial score (nSPS) is 22.9. The van der Waals surface area contributed by atoms with E-state index in [9.17, 15) is 33.0 Å². The van der Waals surface area contributed by atoms with Crippen LogP contribution in [0.5, 0.6) is 5.75 Å². The maximum absolute atomic E-state index is 12.8. The first-order valence-corrected chi connectivity index (χ1v) is 11.7. The zero-order valence-corrected chi connectivity index (χ0v) is 19.9. The summed E-state index contributed by atoms with van der Waals surface area (Å²) in [6, 6.07) is 4.27. The van der Waals surface area contributed by atoms with Crippen molar-refractivity contribution in [3.8, 4) is 5.75 Å². The number of esters is 1. The minimum absolute atomic E-state index is 0.0709. The summed E-state index contributed by atoms with van der Waals surface area (Å²) in [5.41, 5.74) is -0.868. The van der Waals surface area contributed by atoms with Crippen LogP contribution in [0.15, 0.2) is 48.6 Å².